The third-order valence-electron chi connectivity index (χ3n) is 4.22. The van der Waals surface area contributed by atoms with E-state index in [1.807, 2.05) is 0 Å². The molecule has 2 rings (SSSR count). The van der Waals surface area contributed by atoms with Gasteiger partial charge in [0, 0.05) is 5.92 Å². The van der Waals surface area contributed by atoms with Crippen LogP contribution in [0.3, 0.4) is 0 Å². The van der Waals surface area contributed by atoms with Gasteiger partial charge in [-0.15, -0.1) is 5.54 Å². The van der Waals surface area contributed by atoms with Crippen LogP contribution in [0.25, 0.3) is 0 Å². The van der Waals surface area contributed by atoms with Crippen LogP contribution in [0.15, 0.2) is 0 Å². The average Bonchev–Trinajstić information content (AvgIpc) is 2.37. The van der Waals surface area contributed by atoms with Crippen LogP contribution in [0.2, 0.25) is 19.6 Å². The van der Waals surface area contributed by atoms with Gasteiger partial charge in [-0.25, -0.2) is 0 Å². The first-order chi connectivity index (χ1) is 8.94. The fourth-order valence-corrected chi connectivity index (χ4v) is 3.46. The van der Waals surface area contributed by atoms with Gasteiger partial charge in [0.25, 0.3) is 0 Å². The van der Waals surface area contributed by atoms with E-state index >= 15 is 0 Å². The van der Waals surface area contributed by atoms with Crippen LogP contribution in [0.1, 0.15) is 32.6 Å². The summed E-state index contributed by atoms with van der Waals surface area (Å²) in [6.07, 6.45) is 5.18. The lowest BCUT2D eigenvalue weighted by atomic mass is 9.76. The minimum Gasteiger partial charge on any atom is -0.342 e. The summed E-state index contributed by atoms with van der Waals surface area (Å²) >= 11 is 0. The zero-order valence-corrected chi connectivity index (χ0v) is 13.9. The zero-order chi connectivity index (χ0) is 13.9. The Morgan fingerprint density at radius 2 is 1.47 bits per heavy atom. The van der Waals surface area contributed by atoms with Gasteiger partial charge in [-0.3, -0.25) is 0 Å². The molecule has 1 saturated carbocycles. The minimum atomic E-state index is -1.32. The molecule has 0 spiro atoms. The topological polar surface area (TPSA) is 18.5 Å². The number of ether oxygens (including phenoxy) is 2. The van der Waals surface area contributed by atoms with Crippen molar-refractivity contribution in [3.8, 4) is 11.5 Å². The molecule has 0 radical (unpaired) electrons. The van der Waals surface area contributed by atoms with Crippen molar-refractivity contribution in [2.24, 2.45) is 17.8 Å². The van der Waals surface area contributed by atoms with Crippen LogP contribution in [0.5, 0.6) is 0 Å². The van der Waals surface area contributed by atoms with E-state index in [4.69, 9.17) is 9.47 Å². The molecule has 1 saturated heterocycles. The largest absolute Gasteiger partial charge is 0.342 e. The van der Waals surface area contributed by atoms with Gasteiger partial charge in [-0.05, 0) is 30.6 Å². The Hall–Kier alpha value is -0.303. The molecule has 2 aliphatic rings. The van der Waals surface area contributed by atoms with Gasteiger partial charge in [-0.1, -0.05) is 39.4 Å². The van der Waals surface area contributed by atoms with Crippen molar-refractivity contribution in [3.05, 3.63) is 0 Å². The molecule has 0 atom stereocenters. The van der Waals surface area contributed by atoms with Gasteiger partial charge in [0.15, 0.2) is 0 Å². The van der Waals surface area contributed by atoms with E-state index < -0.39 is 8.07 Å². The SMILES string of the molecule is CC1CCC(C2COC(C#C[Si](C)(C)C)OC2)CC1. The average molecular weight is 280 g/mol. The van der Waals surface area contributed by atoms with Crippen molar-refractivity contribution < 1.29 is 9.47 Å². The quantitative estimate of drug-likeness (QED) is 0.539. The summed E-state index contributed by atoms with van der Waals surface area (Å²) in [5.74, 6) is 5.48. The Bertz CT molecular complexity index is 334. The van der Waals surface area contributed by atoms with Gasteiger partial charge < -0.3 is 9.47 Å². The van der Waals surface area contributed by atoms with Crippen LogP contribution in [-0.4, -0.2) is 27.6 Å². The molecule has 0 aromatic heterocycles. The van der Waals surface area contributed by atoms with Gasteiger partial charge in [0.1, 0.15) is 8.07 Å². The smallest absolute Gasteiger partial charge is 0.221 e. The highest BCUT2D eigenvalue weighted by Crippen LogP contribution is 2.34. The lowest BCUT2D eigenvalue weighted by Gasteiger charge is -2.36. The standard InChI is InChI=1S/C16H28O2Si/c1-13-5-7-14(8-6-13)15-11-17-16(18-12-15)9-10-19(2,3)4/h13-16H,5-8,11-12H2,1-4H3. The summed E-state index contributed by atoms with van der Waals surface area (Å²) in [6, 6.07) is 0. The predicted molar refractivity (Wildman–Crippen MR) is 81.4 cm³/mol. The second-order valence-electron chi connectivity index (χ2n) is 7.30. The molecular weight excluding hydrogens is 252 g/mol. The van der Waals surface area contributed by atoms with Gasteiger partial charge in [0.2, 0.25) is 6.29 Å². The third kappa shape index (κ3) is 4.94. The van der Waals surface area contributed by atoms with E-state index in [2.05, 4.69) is 38.0 Å². The molecule has 0 amide bonds. The second-order valence-corrected chi connectivity index (χ2v) is 12.0. The van der Waals surface area contributed by atoms with Crippen LogP contribution < -0.4 is 0 Å². The maximum absolute atomic E-state index is 5.79. The van der Waals surface area contributed by atoms with Crippen LogP contribution in [0.4, 0.5) is 0 Å². The fraction of sp³-hybridized carbons (Fsp3) is 0.875. The van der Waals surface area contributed by atoms with Gasteiger partial charge >= 0.3 is 0 Å². The van der Waals surface area contributed by atoms with Crippen molar-refractivity contribution in [1.82, 2.24) is 0 Å². The van der Waals surface area contributed by atoms with Crippen LogP contribution in [0, 0.1) is 29.2 Å². The molecule has 0 unspecified atom stereocenters. The van der Waals surface area contributed by atoms with E-state index in [0.29, 0.717) is 5.92 Å². The summed E-state index contributed by atoms with van der Waals surface area (Å²) in [5.41, 5.74) is 3.33. The Kier molecular flexibility index (Phi) is 5.11. The predicted octanol–water partition coefficient (Wildman–Crippen LogP) is 3.68. The van der Waals surface area contributed by atoms with Crippen molar-refractivity contribution >= 4 is 8.07 Å². The molecule has 0 aromatic rings. The first kappa shape index (κ1) is 15.1. The molecule has 19 heavy (non-hydrogen) atoms. The third-order valence-corrected chi connectivity index (χ3v) is 5.11. The fourth-order valence-electron chi connectivity index (χ4n) is 2.91. The first-order valence-corrected chi connectivity index (χ1v) is 11.2. The normalized spacial score (nSPS) is 36.4. The first-order valence-electron chi connectivity index (χ1n) is 7.70. The molecule has 1 heterocycles. The Labute approximate surface area is 119 Å². The lowest BCUT2D eigenvalue weighted by Crippen LogP contribution is -2.37. The summed E-state index contributed by atoms with van der Waals surface area (Å²) in [5, 5.41) is 0. The Morgan fingerprint density at radius 3 is 2.00 bits per heavy atom. The molecule has 2 fully saturated rings. The number of hydrogen-bond donors (Lipinski definition) is 0. The van der Waals surface area contributed by atoms with Crippen LogP contribution in [-0.2, 0) is 9.47 Å². The number of rotatable bonds is 1. The molecule has 0 bridgehead atoms. The van der Waals surface area contributed by atoms with Gasteiger partial charge in [-0.2, -0.15) is 0 Å². The van der Waals surface area contributed by atoms with Crippen molar-refractivity contribution in [3.63, 3.8) is 0 Å². The van der Waals surface area contributed by atoms with Crippen molar-refractivity contribution in [1.29, 1.82) is 0 Å². The lowest BCUT2D eigenvalue weighted by molar-refractivity contribution is -0.180. The van der Waals surface area contributed by atoms with Crippen LogP contribution >= 0.6 is 0 Å². The van der Waals surface area contributed by atoms with E-state index in [-0.39, 0.29) is 6.29 Å². The minimum absolute atomic E-state index is 0.273. The molecule has 108 valence electrons. The van der Waals surface area contributed by atoms with Gasteiger partial charge in [0.05, 0.1) is 13.2 Å². The molecule has 1 aliphatic carbocycles. The monoisotopic (exact) mass is 280 g/mol. The van der Waals surface area contributed by atoms with E-state index in [1.54, 1.807) is 0 Å². The van der Waals surface area contributed by atoms with E-state index in [1.165, 1.54) is 25.7 Å². The molecule has 1 aliphatic heterocycles. The van der Waals surface area contributed by atoms with E-state index in [9.17, 15) is 0 Å². The molecule has 0 aromatic carbocycles. The Morgan fingerprint density at radius 1 is 0.895 bits per heavy atom. The Balaban J connectivity index is 1.77. The highest BCUT2D eigenvalue weighted by atomic mass is 28.3. The summed E-state index contributed by atoms with van der Waals surface area (Å²) in [4.78, 5) is 0. The second kappa shape index (κ2) is 6.43. The van der Waals surface area contributed by atoms with Crippen molar-refractivity contribution in [2.75, 3.05) is 13.2 Å². The maximum Gasteiger partial charge on any atom is 0.221 e. The zero-order valence-electron chi connectivity index (χ0n) is 12.9. The maximum atomic E-state index is 5.79. The molecule has 3 heteroatoms. The molecule has 0 N–H and O–H groups in total. The van der Waals surface area contributed by atoms with Crippen molar-refractivity contribution in [2.45, 2.75) is 58.5 Å². The highest BCUT2D eigenvalue weighted by molar-refractivity contribution is 6.83. The highest BCUT2D eigenvalue weighted by Gasteiger charge is 2.30. The summed E-state index contributed by atoms with van der Waals surface area (Å²) in [7, 11) is -1.32. The number of hydrogen-bond acceptors (Lipinski definition) is 2. The molecule has 2 nitrogen and oxygen atoms in total. The molecular formula is C16H28O2Si. The summed E-state index contributed by atoms with van der Waals surface area (Å²) < 4.78 is 11.6. The summed E-state index contributed by atoms with van der Waals surface area (Å²) in [6.45, 7) is 10.8. The van der Waals surface area contributed by atoms with E-state index in [0.717, 1.165) is 25.0 Å².